The van der Waals surface area contributed by atoms with Gasteiger partial charge in [0, 0.05) is 30.9 Å². The normalized spacial score (nSPS) is 11.7. The van der Waals surface area contributed by atoms with Gasteiger partial charge in [-0.2, -0.15) is 0 Å². The molecule has 0 N–H and O–H groups in total. The Balaban J connectivity index is 2.02. The van der Waals surface area contributed by atoms with Crippen LogP contribution in [0, 0.1) is 12.7 Å². The van der Waals surface area contributed by atoms with E-state index in [-0.39, 0.29) is 15.3 Å². The molecule has 1 heterocycles. The highest BCUT2D eigenvalue weighted by Crippen LogP contribution is 2.28. The molecule has 4 rings (SSSR count). The quantitative estimate of drug-likeness (QED) is 0.312. The number of sulfone groups is 1. The van der Waals surface area contributed by atoms with Gasteiger partial charge in [-0.15, -0.1) is 0 Å². The van der Waals surface area contributed by atoms with E-state index in [2.05, 4.69) is 0 Å². The van der Waals surface area contributed by atoms with E-state index >= 15 is 4.39 Å². The molecule has 0 aliphatic heterocycles. The molecule has 1 aromatic heterocycles. The van der Waals surface area contributed by atoms with Crippen molar-refractivity contribution in [3.05, 3.63) is 99.1 Å². The molecule has 3 aromatic carbocycles. The number of aryl methyl sites for hydroxylation is 1. The van der Waals surface area contributed by atoms with Crippen LogP contribution in [0.5, 0.6) is 0 Å². The van der Waals surface area contributed by atoms with Crippen LogP contribution in [0.4, 0.5) is 10.1 Å². The zero-order valence-corrected chi connectivity index (χ0v) is 21.3. The Labute approximate surface area is 209 Å². The number of hydrogen-bond acceptors (Lipinski definition) is 4. The predicted octanol–water partition coefficient (Wildman–Crippen LogP) is 5.83. The summed E-state index contributed by atoms with van der Waals surface area (Å²) in [7, 11) is -4.20. The van der Waals surface area contributed by atoms with E-state index in [0.29, 0.717) is 30.8 Å². The fraction of sp³-hybridized carbons (Fsp3) is 0.222. The number of hydrogen-bond donors (Lipinski definition) is 0. The van der Waals surface area contributed by atoms with Crippen molar-refractivity contribution in [2.45, 2.75) is 37.1 Å². The summed E-state index contributed by atoms with van der Waals surface area (Å²) in [6, 6.07) is 16.3. The molecule has 0 fully saturated rings. The first-order chi connectivity index (χ1) is 16.6. The molecule has 0 aliphatic carbocycles. The second kappa shape index (κ2) is 9.84. The van der Waals surface area contributed by atoms with Gasteiger partial charge in [0.25, 0.3) is 0 Å². The zero-order valence-electron chi connectivity index (χ0n) is 19.8. The Morgan fingerprint density at radius 3 is 2.31 bits per heavy atom. The lowest BCUT2D eigenvalue weighted by molar-refractivity contribution is 0.593. The molecular formula is C27H26ClFN2O3S. The average molecular weight is 513 g/mol. The summed E-state index contributed by atoms with van der Waals surface area (Å²) in [6.45, 7) is 7.30. The van der Waals surface area contributed by atoms with E-state index in [0.717, 1.165) is 17.2 Å². The van der Waals surface area contributed by atoms with Crippen LogP contribution in [0.15, 0.2) is 81.4 Å². The Bertz CT molecular complexity index is 1560. The van der Waals surface area contributed by atoms with Crippen molar-refractivity contribution in [2.75, 3.05) is 18.0 Å². The summed E-state index contributed by atoms with van der Waals surface area (Å²) in [5, 5.41) is 0.246. The van der Waals surface area contributed by atoms with Gasteiger partial charge < -0.3 is 9.47 Å². The first-order valence-electron chi connectivity index (χ1n) is 11.3. The molecule has 0 bridgehead atoms. The highest BCUT2D eigenvalue weighted by Gasteiger charge is 2.25. The lowest BCUT2D eigenvalue weighted by Crippen LogP contribution is -2.24. The molecule has 0 amide bonds. The summed E-state index contributed by atoms with van der Waals surface area (Å²) < 4.78 is 43.8. The molecule has 0 aliphatic rings. The number of aromatic nitrogens is 1. The fourth-order valence-electron chi connectivity index (χ4n) is 4.15. The average Bonchev–Trinajstić information content (AvgIpc) is 2.83. The Morgan fingerprint density at radius 2 is 1.69 bits per heavy atom. The monoisotopic (exact) mass is 512 g/mol. The van der Waals surface area contributed by atoms with Crippen LogP contribution >= 0.6 is 11.6 Å². The number of nitrogens with zero attached hydrogens (tertiary/aromatic N) is 2. The van der Waals surface area contributed by atoms with E-state index in [9.17, 15) is 13.2 Å². The van der Waals surface area contributed by atoms with Crippen molar-refractivity contribution in [3.63, 3.8) is 0 Å². The largest absolute Gasteiger partial charge is 0.370 e. The van der Waals surface area contributed by atoms with Crippen molar-refractivity contribution < 1.29 is 12.8 Å². The van der Waals surface area contributed by atoms with E-state index < -0.39 is 26.0 Å². The van der Waals surface area contributed by atoms with E-state index in [4.69, 9.17) is 11.6 Å². The van der Waals surface area contributed by atoms with Gasteiger partial charge in [0.1, 0.15) is 10.7 Å². The van der Waals surface area contributed by atoms with Gasteiger partial charge >= 0.3 is 0 Å². The third-order valence-electron chi connectivity index (χ3n) is 6.09. The van der Waals surface area contributed by atoms with Crippen LogP contribution in [-0.2, 0) is 16.4 Å². The van der Waals surface area contributed by atoms with Gasteiger partial charge in [-0.3, -0.25) is 4.79 Å². The van der Waals surface area contributed by atoms with Crippen molar-refractivity contribution in [2.24, 2.45) is 0 Å². The molecule has 0 radical (unpaired) electrons. The Kier molecular flexibility index (Phi) is 7.01. The van der Waals surface area contributed by atoms with Crippen molar-refractivity contribution in [3.8, 4) is 0 Å². The van der Waals surface area contributed by atoms with Crippen LogP contribution < -0.4 is 10.3 Å². The van der Waals surface area contributed by atoms with Gasteiger partial charge in [0.15, 0.2) is 0 Å². The summed E-state index contributed by atoms with van der Waals surface area (Å²) >= 11 is 6.02. The van der Waals surface area contributed by atoms with Gasteiger partial charge in [0.2, 0.25) is 15.3 Å². The SMILES string of the molecule is CCN(CC)c1cc2c(cc1F)c(=O)c(S(=O)(=O)c1cccc(Cl)c1)cn2Cc1ccc(C)cc1. The topological polar surface area (TPSA) is 59.4 Å². The standard InChI is InChI=1S/C27H26ClFN2O3S/c1-4-30(5-2)25-15-24-22(14-23(25)29)27(32)26(35(33,34)21-8-6-7-20(28)13-21)17-31(24)16-19-11-9-18(3)10-12-19/h6-15,17H,4-5,16H2,1-3H3. The summed E-state index contributed by atoms with van der Waals surface area (Å²) in [5.41, 5.74) is 2.09. The van der Waals surface area contributed by atoms with Crippen molar-refractivity contribution in [1.82, 2.24) is 4.57 Å². The molecule has 35 heavy (non-hydrogen) atoms. The number of benzene rings is 3. The lowest BCUT2D eigenvalue weighted by atomic mass is 10.1. The molecular weight excluding hydrogens is 487 g/mol. The second-order valence-electron chi connectivity index (χ2n) is 8.39. The third-order valence-corrected chi connectivity index (χ3v) is 8.07. The Hall–Kier alpha value is -3.16. The molecule has 5 nitrogen and oxygen atoms in total. The highest BCUT2D eigenvalue weighted by molar-refractivity contribution is 7.91. The Morgan fingerprint density at radius 1 is 1.00 bits per heavy atom. The smallest absolute Gasteiger partial charge is 0.211 e. The van der Waals surface area contributed by atoms with Crippen LogP contribution in [0.2, 0.25) is 5.02 Å². The number of rotatable bonds is 7. The molecule has 0 atom stereocenters. The van der Waals surface area contributed by atoms with Gasteiger partial charge in [0.05, 0.1) is 21.5 Å². The van der Waals surface area contributed by atoms with Crippen molar-refractivity contribution in [1.29, 1.82) is 0 Å². The van der Waals surface area contributed by atoms with Gasteiger partial charge in [-0.05, 0) is 56.7 Å². The first kappa shape index (κ1) is 24.9. The van der Waals surface area contributed by atoms with Crippen LogP contribution in [0.3, 0.4) is 0 Å². The number of pyridine rings is 1. The van der Waals surface area contributed by atoms with Crippen LogP contribution in [0.1, 0.15) is 25.0 Å². The van der Waals surface area contributed by atoms with E-state index in [1.54, 1.807) is 16.7 Å². The minimum absolute atomic E-state index is 0.00798. The van der Waals surface area contributed by atoms with Crippen LogP contribution in [-0.4, -0.2) is 26.1 Å². The van der Waals surface area contributed by atoms with Crippen LogP contribution in [0.25, 0.3) is 10.9 Å². The summed E-state index contributed by atoms with van der Waals surface area (Å²) in [5.74, 6) is -0.572. The number of fused-ring (bicyclic) bond motifs is 1. The predicted molar refractivity (Wildman–Crippen MR) is 139 cm³/mol. The minimum atomic E-state index is -4.20. The maximum Gasteiger partial charge on any atom is 0.211 e. The summed E-state index contributed by atoms with van der Waals surface area (Å²) in [4.78, 5) is 14.8. The van der Waals surface area contributed by atoms with E-state index in [1.807, 2.05) is 49.9 Å². The van der Waals surface area contributed by atoms with E-state index in [1.165, 1.54) is 24.4 Å². The van der Waals surface area contributed by atoms with Gasteiger partial charge in [-0.1, -0.05) is 47.5 Å². The third kappa shape index (κ3) is 4.83. The first-order valence-corrected chi connectivity index (χ1v) is 13.2. The lowest BCUT2D eigenvalue weighted by Gasteiger charge is -2.23. The maximum atomic E-state index is 15.2. The van der Waals surface area contributed by atoms with Crippen molar-refractivity contribution >= 4 is 38.0 Å². The highest BCUT2D eigenvalue weighted by atomic mass is 35.5. The summed E-state index contributed by atoms with van der Waals surface area (Å²) in [6.07, 6.45) is 1.35. The molecule has 0 spiro atoms. The molecule has 8 heteroatoms. The molecule has 4 aromatic rings. The maximum absolute atomic E-state index is 15.2. The minimum Gasteiger partial charge on any atom is -0.370 e. The fourth-order valence-corrected chi connectivity index (χ4v) is 5.82. The molecule has 182 valence electrons. The molecule has 0 saturated heterocycles. The second-order valence-corrected chi connectivity index (χ2v) is 10.7. The zero-order chi connectivity index (χ0) is 25.3. The number of anilines is 1. The van der Waals surface area contributed by atoms with Gasteiger partial charge in [-0.25, -0.2) is 12.8 Å². The molecule has 0 unspecified atom stereocenters. The molecule has 0 saturated carbocycles. The number of halogens is 2.